The zero-order chi connectivity index (χ0) is 14.4. The molecule has 1 heterocycles. The summed E-state index contributed by atoms with van der Waals surface area (Å²) in [5.41, 5.74) is 7.20. The minimum absolute atomic E-state index is 0.219. The van der Waals surface area contributed by atoms with Gasteiger partial charge in [-0.05, 0) is 46.0 Å². The molecule has 0 radical (unpaired) electrons. The fraction of sp³-hybridized carbons (Fsp3) is 0.278. The third-order valence-corrected chi connectivity index (χ3v) is 4.87. The van der Waals surface area contributed by atoms with Gasteiger partial charge in [0.15, 0.2) is 0 Å². The predicted molar refractivity (Wildman–Crippen MR) is 87.2 cm³/mol. The van der Waals surface area contributed by atoms with Crippen LogP contribution in [0.25, 0.3) is 22.5 Å². The van der Waals surface area contributed by atoms with E-state index in [0.717, 1.165) is 19.3 Å². The average Bonchev–Trinajstić information content (AvgIpc) is 2.53. The maximum Gasteiger partial charge on any atom is 0.0937 e. The summed E-state index contributed by atoms with van der Waals surface area (Å²) in [4.78, 5) is 0. The molecule has 21 heavy (non-hydrogen) atoms. The molecule has 0 aromatic heterocycles. The van der Waals surface area contributed by atoms with Crippen molar-refractivity contribution in [3.63, 3.8) is 0 Å². The van der Waals surface area contributed by atoms with Crippen molar-refractivity contribution in [2.24, 2.45) is 11.7 Å². The first-order valence-electron chi connectivity index (χ1n) is 7.55. The number of amidine groups is 1. The molecule has 4 rings (SSSR count). The Morgan fingerprint density at radius 2 is 2.05 bits per heavy atom. The summed E-state index contributed by atoms with van der Waals surface area (Å²) >= 11 is 0. The first kappa shape index (κ1) is 12.5. The number of fused-ring (bicyclic) bond motifs is 4. The standard InChI is InChI=1S/C18H19N3/c19-18(20)12-7-8-15-16(9-12)21-10-13-6-5-11-3-1-2-4-14(11)17(13)15/h1-6,10,12,16,21H,7-9H2,(H3,19,20). The van der Waals surface area contributed by atoms with Crippen molar-refractivity contribution in [1.29, 1.82) is 5.41 Å². The molecule has 3 nitrogen and oxygen atoms in total. The van der Waals surface area contributed by atoms with Crippen LogP contribution >= 0.6 is 0 Å². The number of nitrogens with two attached hydrogens (primary N) is 1. The fourth-order valence-corrected chi connectivity index (χ4v) is 3.76. The van der Waals surface area contributed by atoms with E-state index in [0.29, 0.717) is 11.9 Å². The van der Waals surface area contributed by atoms with E-state index in [9.17, 15) is 0 Å². The van der Waals surface area contributed by atoms with Crippen LogP contribution in [-0.4, -0.2) is 11.9 Å². The third kappa shape index (κ3) is 1.92. The topological polar surface area (TPSA) is 61.9 Å². The molecule has 0 amide bonds. The Bertz CT molecular complexity index is 850. The summed E-state index contributed by atoms with van der Waals surface area (Å²) in [5.74, 6) is 0.552. The zero-order valence-corrected chi connectivity index (χ0v) is 11.9. The van der Waals surface area contributed by atoms with E-state index in [1.807, 2.05) is 0 Å². The molecule has 2 unspecified atom stereocenters. The lowest BCUT2D eigenvalue weighted by Gasteiger charge is -2.33. The van der Waals surface area contributed by atoms with Crippen LogP contribution in [0.1, 0.15) is 19.3 Å². The second-order valence-electron chi connectivity index (χ2n) is 6.07. The Hall–Kier alpha value is -2.29. The van der Waals surface area contributed by atoms with Gasteiger partial charge in [-0.25, -0.2) is 0 Å². The SMILES string of the molecule is N=C(N)C1CCC2=c3c(ccc4ccccc34)=CNC2C1. The van der Waals surface area contributed by atoms with Crippen LogP contribution in [-0.2, 0) is 0 Å². The number of nitrogens with one attached hydrogen (secondary N) is 2. The molecule has 0 saturated heterocycles. The van der Waals surface area contributed by atoms with Crippen molar-refractivity contribution in [3.8, 4) is 0 Å². The molecule has 1 fully saturated rings. The van der Waals surface area contributed by atoms with Gasteiger partial charge < -0.3 is 11.1 Å². The Labute approximate surface area is 123 Å². The molecule has 1 aliphatic heterocycles. The van der Waals surface area contributed by atoms with E-state index in [4.69, 9.17) is 11.1 Å². The minimum atomic E-state index is 0.219. The van der Waals surface area contributed by atoms with Gasteiger partial charge in [-0.1, -0.05) is 36.4 Å². The second kappa shape index (κ2) is 4.62. The Morgan fingerprint density at radius 3 is 2.90 bits per heavy atom. The first-order valence-corrected chi connectivity index (χ1v) is 7.55. The Morgan fingerprint density at radius 1 is 1.19 bits per heavy atom. The van der Waals surface area contributed by atoms with Gasteiger partial charge in [-0.2, -0.15) is 0 Å². The summed E-state index contributed by atoms with van der Waals surface area (Å²) in [6.07, 6.45) is 5.07. The zero-order valence-electron chi connectivity index (χ0n) is 11.9. The monoisotopic (exact) mass is 277 g/mol. The fourth-order valence-electron chi connectivity index (χ4n) is 3.76. The van der Waals surface area contributed by atoms with Crippen LogP contribution in [0.4, 0.5) is 0 Å². The number of rotatable bonds is 1. The van der Waals surface area contributed by atoms with Gasteiger partial charge in [-0.3, -0.25) is 5.41 Å². The van der Waals surface area contributed by atoms with Gasteiger partial charge in [0.1, 0.15) is 0 Å². The molecule has 106 valence electrons. The van der Waals surface area contributed by atoms with Gasteiger partial charge in [-0.15, -0.1) is 0 Å². The van der Waals surface area contributed by atoms with Crippen LogP contribution in [0.3, 0.4) is 0 Å². The predicted octanol–water partition coefficient (Wildman–Crippen LogP) is 1.44. The molecule has 1 aliphatic carbocycles. The maximum absolute atomic E-state index is 7.70. The van der Waals surface area contributed by atoms with E-state index < -0.39 is 0 Å². The summed E-state index contributed by atoms with van der Waals surface area (Å²) in [5, 5.41) is 16.5. The van der Waals surface area contributed by atoms with E-state index in [-0.39, 0.29) is 5.92 Å². The van der Waals surface area contributed by atoms with Crippen LogP contribution in [0, 0.1) is 11.3 Å². The lowest BCUT2D eigenvalue weighted by molar-refractivity contribution is 0.473. The molecule has 2 aromatic rings. The molecule has 2 atom stereocenters. The molecule has 2 aliphatic rings. The van der Waals surface area contributed by atoms with Crippen molar-refractivity contribution in [2.75, 3.05) is 0 Å². The minimum Gasteiger partial charge on any atom is -0.387 e. The molecule has 2 aromatic carbocycles. The lowest BCUT2D eigenvalue weighted by Crippen LogP contribution is -2.46. The van der Waals surface area contributed by atoms with Crippen molar-refractivity contribution in [1.82, 2.24) is 5.32 Å². The lowest BCUT2D eigenvalue weighted by atomic mass is 9.79. The highest BCUT2D eigenvalue weighted by Gasteiger charge is 2.29. The van der Waals surface area contributed by atoms with Gasteiger partial charge in [0, 0.05) is 18.2 Å². The average molecular weight is 277 g/mol. The molecular weight excluding hydrogens is 258 g/mol. The number of hydrogen-bond acceptors (Lipinski definition) is 2. The number of benzene rings is 2. The van der Waals surface area contributed by atoms with Crippen molar-refractivity contribution in [2.45, 2.75) is 25.3 Å². The first-order chi connectivity index (χ1) is 10.2. The number of hydrogen-bond donors (Lipinski definition) is 3. The summed E-state index contributed by atoms with van der Waals surface area (Å²) in [6, 6.07) is 13.3. The third-order valence-electron chi connectivity index (χ3n) is 4.87. The molecule has 1 saturated carbocycles. The van der Waals surface area contributed by atoms with Gasteiger partial charge in [0.25, 0.3) is 0 Å². The molecule has 0 spiro atoms. The van der Waals surface area contributed by atoms with E-state index in [1.54, 1.807) is 0 Å². The molecule has 0 bridgehead atoms. The molecule has 3 heteroatoms. The van der Waals surface area contributed by atoms with Gasteiger partial charge >= 0.3 is 0 Å². The van der Waals surface area contributed by atoms with Crippen molar-refractivity contribution in [3.05, 3.63) is 46.8 Å². The van der Waals surface area contributed by atoms with Crippen LogP contribution in [0.2, 0.25) is 0 Å². The van der Waals surface area contributed by atoms with Crippen LogP contribution in [0.5, 0.6) is 0 Å². The van der Waals surface area contributed by atoms with E-state index in [1.165, 1.54) is 26.8 Å². The van der Waals surface area contributed by atoms with Gasteiger partial charge in [0.05, 0.1) is 5.84 Å². The summed E-state index contributed by atoms with van der Waals surface area (Å²) in [7, 11) is 0. The maximum atomic E-state index is 7.70. The highest BCUT2D eigenvalue weighted by Crippen LogP contribution is 2.30. The van der Waals surface area contributed by atoms with E-state index in [2.05, 4.69) is 47.9 Å². The Balaban J connectivity index is 1.96. The second-order valence-corrected chi connectivity index (χ2v) is 6.07. The van der Waals surface area contributed by atoms with Crippen LogP contribution in [0.15, 0.2) is 36.4 Å². The normalized spacial score (nSPS) is 23.7. The summed E-state index contributed by atoms with van der Waals surface area (Å²) < 4.78 is 0. The largest absolute Gasteiger partial charge is 0.387 e. The van der Waals surface area contributed by atoms with Crippen molar-refractivity contribution < 1.29 is 0 Å². The van der Waals surface area contributed by atoms with E-state index >= 15 is 0 Å². The highest BCUT2D eigenvalue weighted by molar-refractivity contribution is 5.87. The Kier molecular flexibility index (Phi) is 2.74. The molecular formula is C18H19N3. The smallest absolute Gasteiger partial charge is 0.0937 e. The quantitative estimate of drug-likeness (QED) is 0.545. The van der Waals surface area contributed by atoms with Gasteiger partial charge in [0.2, 0.25) is 0 Å². The van der Waals surface area contributed by atoms with Crippen LogP contribution < -0.4 is 21.5 Å². The highest BCUT2D eigenvalue weighted by atomic mass is 14.9. The molecule has 4 N–H and O–H groups in total. The summed E-state index contributed by atoms with van der Waals surface area (Å²) in [6.45, 7) is 0. The van der Waals surface area contributed by atoms with Crippen molar-refractivity contribution >= 4 is 28.4 Å².